The number of carbonyl (C=O) groups is 1. The maximum Gasteiger partial charge on any atom is 0.189 e. The van der Waals surface area contributed by atoms with E-state index >= 15 is 0 Å². The highest BCUT2D eigenvalue weighted by Gasteiger charge is 2.16. The van der Waals surface area contributed by atoms with Crippen LogP contribution in [-0.2, 0) is 4.74 Å². The molecule has 0 unspecified atom stereocenters. The van der Waals surface area contributed by atoms with Gasteiger partial charge in [0.25, 0.3) is 0 Å². The molecule has 1 aliphatic rings. The minimum absolute atomic E-state index is 0.140. The minimum Gasteiger partial charge on any atom is -0.370 e. The summed E-state index contributed by atoms with van der Waals surface area (Å²) < 4.78 is 5.80. The summed E-state index contributed by atoms with van der Waals surface area (Å²) in [4.78, 5) is 14.4. The third kappa shape index (κ3) is 3.66. The highest BCUT2D eigenvalue weighted by atomic mass is 32.1. The third-order valence-electron chi connectivity index (χ3n) is 3.59. The molecule has 0 N–H and O–H groups in total. The zero-order chi connectivity index (χ0) is 13.0. The fraction of sp³-hybridized carbons (Fsp3) is 0.667. The van der Waals surface area contributed by atoms with Gasteiger partial charge >= 0.3 is 0 Å². The van der Waals surface area contributed by atoms with E-state index in [9.17, 15) is 4.79 Å². The first-order valence-electron chi connectivity index (χ1n) is 6.88. The summed E-state index contributed by atoms with van der Waals surface area (Å²) in [6, 6.07) is 1.98. The molecule has 0 aromatic carbocycles. The van der Waals surface area contributed by atoms with Crippen LogP contribution in [0.5, 0.6) is 0 Å². The number of hydrogen-bond donors (Lipinski definition) is 0. The number of Topliss-reactive ketones (excluding diaryl/α,β-unsaturated/α-hetero) is 1. The van der Waals surface area contributed by atoms with Crippen molar-refractivity contribution in [3.8, 4) is 0 Å². The van der Waals surface area contributed by atoms with E-state index in [1.807, 2.05) is 19.9 Å². The van der Waals surface area contributed by atoms with Crippen LogP contribution in [0.3, 0.4) is 0 Å². The third-order valence-corrected chi connectivity index (χ3v) is 4.56. The van der Waals surface area contributed by atoms with Crippen molar-refractivity contribution < 1.29 is 9.53 Å². The molecule has 0 spiro atoms. The second kappa shape index (κ2) is 6.48. The van der Waals surface area contributed by atoms with Crippen LogP contribution >= 0.6 is 11.3 Å². The summed E-state index contributed by atoms with van der Waals surface area (Å²) in [5.41, 5.74) is 0.853. The predicted octanol–water partition coefficient (Wildman–Crippen LogP) is 4.29. The van der Waals surface area contributed by atoms with Crippen LogP contribution in [0.25, 0.3) is 0 Å². The van der Waals surface area contributed by atoms with E-state index < -0.39 is 0 Å². The second-order valence-electron chi connectivity index (χ2n) is 5.17. The molecule has 1 aromatic heterocycles. The molecule has 0 bridgehead atoms. The molecular formula is C15H22O2S. The van der Waals surface area contributed by atoms with Gasteiger partial charge < -0.3 is 4.74 Å². The molecule has 1 heterocycles. The van der Waals surface area contributed by atoms with Crippen LogP contribution in [0.15, 0.2) is 6.07 Å². The van der Waals surface area contributed by atoms with Gasteiger partial charge in [-0.15, -0.1) is 11.3 Å². The van der Waals surface area contributed by atoms with Gasteiger partial charge in [-0.25, -0.2) is 0 Å². The maximum atomic E-state index is 12.1. The van der Waals surface area contributed by atoms with Crippen LogP contribution < -0.4 is 0 Å². The lowest BCUT2D eigenvalue weighted by molar-refractivity contribution is 0.0389. The standard InChI is InChI=1S/C15H22O2S/c1-11-9-14(12(2)18-11)15(16)10-17-13-7-5-3-4-6-8-13/h9,13H,3-8,10H2,1-2H3. The quantitative estimate of drug-likeness (QED) is 0.600. The van der Waals surface area contributed by atoms with E-state index in [0.717, 1.165) is 23.3 Å². The molecule has 1 aromatic rings. The van der Waals surface area contributed by atoms with E-state index in [1.54, 1.807) is 11.3 Å². The molecule has 2 rings (SSSR count). The molecule has 0 atom stereocenters. The first-order chi connectivity index (χ1) is 8.66. The number of hydrogen-bond acceptors (Lipinski definition) is 3. The van der Waals surface area contributed by atoms with Gasteiger partial charge in [-0.1, -0.05) is 25.7 Å². The van der Waals surface area contributed by atoms with E-state index in [1.165, 1.54) is 30.6 Å². The molecule has 3 heteroatoms. The van der Waals surface area contributed by atoms with Crippen molar-refractivity contribution >= 4 is 17.1 Å². The molecule has 100 valence electrons. The van der Waals surface area contributed by atoms with E-state index in [2.05, 4.69) is 0 Å². The van der Waals surface area contributed by atoms with Gasteiger partial charge in [0.05, 0.1) is 6.10 Å². The van der Waals surface area contributed by atoms with Crippen molar-refractivity contribution in [1.29, 1.82) is 0 Å². The second-order valence-corrected chi connectivity index (χ2v) is 6.64. The lowest BCUT2D eigenvalue weighted by Gasteiger charge is -2.14. The Hall–Kier alpha value is -0.670. The monoisotopic (exact) mass is 266 g/mol. The first kappa shape index (κ1) is 13.8. The summed E-state index contributed by atoms with van der Waals surface area (Å²) >= 11 is 1.69. The average molecular weight is 266 g/mol. The summed E-state index contributed by atoms with van der Waals surface area (Å²) in [6.45, 7) is 4.30. The topological polar surface area (TPSA) is 26.3 Å². The molecule has 1 fully saturated rings. The van der Waals surface area contributed by atoms with Gasteiger partial charge in [0.1, 0.15) is 6.61 Å². The lowest BCUT2D eigenvalue weighted by atomic mass is 10.1. The Kier molecular flexibility index (Phi) is 4.95. The van der Waals surface area contributed by atoms with Gasteiger partial charge in [-0.05, 0) is 32.8 Å². The summed E-state index contributed by atoms with van der Waals surface area (Å²) in [5, 5.41) is 0. The molecule has 18 heavy (non-hydrogen) atoms. The van der Waals surface area contributed by atoms with Gasteiger partial charge in [-0.2, -0.15) is 0 Å². The number of thiophene rings is 1. The fourth-order valence-corrected chi connectivity index (χ4v) is 3.53. The molecule has 1 aliphatic carbocycles. The van der Waals surface area contributed by atoms with Gasteiger partial charge in [0, 0.05) is 15.3 Å². The highest BCUT2D eigenvalue weighted by molar-refractivity contribution is 7.12. The summed E-state index contributed by atoms with van der Waals surface area (Å²) in [7, 11) is 0. The SMILES string of the molecule is Cc1cc(C(=O)COC2CCCCCC2)c(C)s1. The Bertz CT molecular complexity index is 401. The number of rotatable bonds is 4. The molecule has 0 radical (unpaired) electrons. The normalized spacial score (nSPS) is 17.7. The maximum absolute atomic E-state index is 12.1. The molecule has 0 aliphatic heterocycles. The van der Waals surface area contributed by atoms with Crippen molar-refractivity contribution in [2.75, 3.05) is 6.61 Å². The Morgan fingerprint density at radius 2 is 1.94 bits per heavy atom. The molecule has 1 saturated carbocycles. The predicted molar refractivity (Wildman–Crippen MR) is 75.6 cm³/mol. The van der Waals surface area contributed by atoms with E-state index in [0.29, 0.717) is 6.10 Å². The smallest absolute Gasteiger partial charge is 0.189 e. The van der Waals surface area contributed by atoms with Crippen molar-refractivity contribution in [3.05, 3.63) is 21.4 Å². The van der Waals surface area contributed by atoms with Crippen molar-refractivity contribution in [2.45, 2.75) is 58.5 Å². The Morgan fingerprint density at radius 1 is 1.28 bits per heavy atom. The van der Waals surface area contributed by atoms with Crippen LogP contribution in [-0.4, -0.2) is 18.5 Å². The number of aryl methyl sites for hydroxylation is 2. The Morgan fingerprint density at radius 3 is 2.50 bits per heavy atom. The van der Waals surface area contributed by atoms with Crippen molar-refractivity contribution in [3.63, 3.8) is 0 Å². The van der Waals surface area contributed by atoms with Gasteiger partial charge in [-0.3, -0.25) is 4.79 Å². The van der Waals surface area contributed by atoms with Crippen molar-refractivity contribution in [1.82, 2.24) is 0 Å². The van der Waals surface area contributed by atoms with Crippen molar-refractivity contribution in [2.24, 2.45) is 0 Å². The molecular weight excluding hydrogens is 244 g/mol. The Balaban J connectivity index is 1.85. The largest absolute Gasteiger partial charge is 0.370 e. The fourth-order valence-electron chi connectivity index (χ4n) is 2.59. The number of carbonyl (C=O) groups excluding carboxylic acids is 1. The van der Waals surface area contributed by atoms with Gasteiger partial charge in [0.15, 0.2) is 5.78 Å². The number of ether oxygens (including phenoxy) is 1. The minimum atomic E-state index is 0.140. The summed E-state index contributed by atoms with van der Waals surface area (Å²) in [5.74, 6) is 0.140. The summed E-state index contributed by atoms with van der Waals surface area (Å²) in [6.07, 6.45) is 7.67. The van der Waals surface area contributed by atoms with E-state index in [-0.39, 0.29) is 12.4 Å². The van der Waals surface area contributed by atoms with Crippen LogP contribution in [0.4, 0.5) is 0 Å². The zero-order valence-electron chi connectivity index (χ0n) is 11.3. The van der Waals surface area contributed by atoms with Gasteiger partial charge in [0.2, 0.25) is 0 Å². The Labute approximate surface area is 113 Å². The van der Waals surface area contributed by atoms with Crippen LogP contribution in [0, 0.1) is 13.8 Å². The number of ketones is 1. The lowest BCUT2D eigenvalue weighted by Crippen LogP contribution is -2.18. The zero-order valence-corrected chi connectivity index (χ0v) is 12.1. The first-order valence-corrected chi connectivity index (χ1v) is 7.70. The van der Waals surface area contributed by atoms with Crippen LogP contribution in [0.1, 0.15) is 58.6 Å². The van der Waals surface area contributed by atoms with Crippen LogP contribution in [0.2, 0.25) is 0 Å². The highest BCUT2D eigenvalue weighted by Crippen LogP contribution is 2.23. The van der Waals surface area contributed by atoms with E-state index in [4.69, 9.17) is 4.74 Å². The molecule has 0 amide bonds. The average Bonchev–Trinajstić information content (AvgIpc) is 2.57. The molecule has 0 saturated heterocycles. The molecule has 2 nitrogen and oxygen atoms in total.